The van der Waals surface area contributed by atoms with Crippen LogP contribution in [0.1, 0.15) is 31.5 Å². The molecule has 0 saturated carbocycles. The van der Waals surface area contributed by atoms with Crippen molar-refractivity contribution in [1.82, 2.24) is 30.5 Å². The minimum Gasteiger partial charge on any atom is -0.349 e. The third kappa shape index (κ3) is 3.82. The van der Waals surface area contributed by atoms with Crippen molar-refractivity contribution in [3.63, 3.8) is 0 Å². The number of nitrogens with one attached hydrogen (secondary N) is 1. The van der Waals surface area contributed by atoms with Crippen LogP contribution in [0.25, 0.3) is 0 Å². The molecule has 0 radical (unpaired) electrons. The molecule has 0 aliphatic rings. The zero-order valence-corrected chi connectivity index (χ0v) is 11.9. The molecule has 2 aromatic rings. The maximum absolute atomic E-state index is 11.6. The Bertz CT molecular complexity index is 542. The largest absolute Gasteiger partial charge is 0.349 e. The van der Waals surface area contributed by atoms with Crippen LogP contribution in [0.2, 0.25) is 0 Å². The Morgan fingerprint density at radius 3 is 2.84 bits per heavy atom. The number of thiazole rings is 1. The Balaban J connectivity index is 1.85. The van der Waals surface area contributed by atoms with Gasteiger partial charge in [0.1, 0.15) is 12.9 Å². The van der Waals surface area contributed by atoms with Crippen LogP contribution in [-0.4, -0.2) is 31.1 Å². The van der Waals surface area contributed by atoms with Gasteiger partial charge in [0.15, 0.2) is 0 Å². The van der Waals surface area contributed by atoms with Crippen molar-refractivity contribution in [2.24, 2.45) is 0 Å². The highest BCUT2D eigenvalue weighted by molar-refractivity contribution is 7.09. The van der Waals surface area contributed by atoms with E-state index in [9.17, 15) is 4.79 Å². The minimum atomic E-state index is -0.141. The average Bonchev–Trinajstić information content (AvgIpc) is 2.95. The van der Waals surface area contributed by atoms with Crippen LogP contribution < -0.4 is 5.32 Å². The van der Waals surface area contributed by atoms with Crippen LogP contribution in [0.4, 0.5) is 0 Å². The first kappa shape index (κ1) is 13.6. The Morgan fingerprint density at radius 2 is 2.26 bits per heavy atom. The number of hydrogen-bond acceptors (Lipinski definition) is 6. The highest BCUT2D eigenvalue weighted by Gasteiger charge is 2.18. The van der Waals surface area contributed by atoms with E-state index >= 15 is 0 Å². The number of nitrogens with zero attached hydrogens (tertiary/aromatic N) is 5. The molecule has 1 amide bonds. The maximum atomic E-state index is 11.6. The quantitative estimate of drug-likeness (QED) is 0.893. The average molecular weight is 280 g/mol. The van der Waals surface area contributed by atoms with Crippen molar-refractivity contribution in [3.05, 3.63) is 22.4 Å². The molecule has 0 saturated heterocycles. The highest BCUT2D eigenvalue weighted by atomic mass is 32.1. The molecule has 0 atom stereocenters. The number of aromatic nitrogens is 5. The van der Waals surface area contributed by atoms with Gasteiger partial charge in [-0.2, -0.15) is 0 Å². The van der Waals surface area contributed by atoms with Crippen molar-refractivity contribution in [2.75, 3.05) is 0 Å². The van der Waals surface area contributed by atoms with Gasteiger partial charge in [0.2, 0.25) is 5.91 Å². The topological polar surface area (TPSA) is 85.6 Å². The van der Waals surface area contributed by atoms with E-state index in [0.717, 1.165) is 10.7 Å². The van der Waals surface area contributed by atoms with Gasteiger partial charge in [0, 0.05) is 10.8 Å². The molecule has 1 N–H and O–H groups in total. The van der Waals surface area contributed by atoms with E-state index in [0.29, 0.717) is 6.54 Å². The molecule has 0 fully saturated rings. The lowest BCUT2D eigenvalue weighted by Crippen LogP contribution is -2.27. The minimum absolute atomic E-state index is 0.0410. The Labute approximate surface area is 115 Å². The first-order chi connectivity index (χ1) is 8.95. The van der Waals surface area contributed by atoms with Crippen molar-refractivity contribution < 1.29 is 4.79 Å². The van der Waals surface area contributed by atoms with E-state index in [-0.39, 0.29) is 17.9 Å². The van der Waals surface area contributed by atoms with E-state index < -0.39 is 0 Å². The van der Waals surface area contributed by atoms with Gasteiger partial charge in [0.25, 0.3) is 0 Å². The third-order valence-corrected chi connectivity index (χ3v) is 3.67. The van der Waals surface area contributed by atoms with Gasteiger partial charge in [-0.05, 0) is 10.4 Å². The maximum Gasteiger partial charge on any atom is 0.242 e. The predicted molar refractivity (Wildman–Crippen MR) is 70.5 cm³/mol. The number of carbonyl (C=O) groups excluding carboxylic acids is 1. The molecule has 0 aliphatic carbocycles. The molecular weight excluding hydrogens is 264 g/mol. The SMILES string of the molecule is CC(C)(C)c1nc(CNC(=O)Cn2cnnn2)cs1. The molecule has 7 nitrogen and oxygen atoms in total. The van der Waals surface area contributed by atoms with Gasteiger partial charge in [0.05, 0.1) is 17.2 Å². The summed E-state index contributed by atoms with van der Waals surface area (Å²) in [5, 5.41) is 16.4. The molecule has 0 spiro atoms. The van der Waals surface area contributed by atoms with Crippen molar-refractivity contribution >= 4 is 17.2 Å². The van der Waals surface area contributed by atoms with Crippen LogP contribution in [-0.2, 0) is 23.3 Å². The monoisotopic (exact) mass is 280 g/mol. The summed E-state index contributed by atoms with van der Waals surface area (Å²) in [5.74, 6) is -0.141. The van der Waals surface area contributed by atoms with Gasteiger partial charge < -0.3 is 5.32 Å². The van der Waals surface area contributed by atoms with E-state index in [4.69, 9.17) is 0 Å². The number of carbonyl (C=O) groups is 1. The normalized spacial score (nSPS) is 11.5. The van der Waals surface area contributed by atoms with Crippen LogP contribution >= 0.6 is 11.3 Å². The number of rotatable bonds is 4. The molecule has 0 aromatic carbocycles. The number of tetrazole rings is 1. The van der Waals surface area contributed by atoms with E-state index in [2.05, 4.69) is 46.6 Å². The zero-order chi connectivity index (χ0) is 13.9. The Kier molecular flexibility index (Phi) is 3.89. The smallest absolute Gasteiger partial charge is 0.242 e. The second kappa shape index (κ2) is 5.43. The number of amides is 1. The van der Waals surface area contributed by atoms with Gasteiger partial charge in [-0.3, -0.25) is 4.79 Å². The first-order valence-corrected chi connectivity index (χ1v) is 6.75. The second-order valence-electron chi connectivity index (χ2n) is 5.18. The summed E-state index contributed by atoms with van der Waals surface area (Å²) in [6.45, 7) is 6.89. The van der Waals surface area contributed by atoms with E-state index in [1.54, 1.807) is 11.3 Å². The number of hydrogen-bond donors (Lipinski definition) is 1. The Hall–Kier alpha value is -1.83. The molecule has 2 heterocycles. The lowest BCUT2D eigenvalue weighted by molar-refractivity contribution is -0.122. The standard InChI is InChI=1S/C11H16N6OS/c1-11(2,3)10-14-8(6-19-10)4-12-9(18)5-17-7-13-15-16-17/h6-7H,4-5H2,1-3H3,(H,12,18). The summed E-state index contributed by atoms with van der Waals surface area (Å²) in [4.78, 5) is 16.1. The van der Waals surface area contributed by atoms with Gasteiger partial charge in [-0.15, -0.1) is 16.4 Å². The van der Waals surface area contributed by atoms with E-state index in [1.807, 2.05) is 5.38 Å². The first-order valence-electron chi connectivity index (χ1n) is 5.87. The Morgan fingerprint density at radius 1 is 1.47 bits per heavy atom. The lowest BCUT2D eigenvalue weighted by Gasteiger charge is -2.13. The van der Waals surface area contributed by atoms with Gasteiger partial charge in [-0.1, -0.05) is 20.8 Å². The van der Waals surface area contributed by atoms with Crippen LogP contribution in [0.15, 0.2) is 11.7 Å². The summed E-state index contributed by atoms with van der Waals surface area (Å²) in [7, 11) is 0. The molecule has 0 bridgehead atoms. The summed E-state index contributed by atoms with van der Waals surface area (Å²) < 4.78 is 1.37. The fourth-order valence-electron chi connectivity index (χ4n) is 1.38. The molecule has 2 rings (SSSR count). The molecule has 102 valence electrons. The van der Waals surface area contributed by atoms with Crippen molar-refractivity contribution in [2.45, 2.75) is 39.3 Å². The zero-order valence-electron chi connectivity index (χ0n) is 11.1. The van der Waals surface area contributed by atoms with Crippen LogP contribution in [0.5, 0.6) is 0 Å². The second-order valence-corrected chi connectivity index (χ2v) is 6.04. The van der Waals surface area contributed by atoms with Gasteiger partial charge in [-0.25, -0.2) is 9.67 Å². The lowest BCUT2D eigenvalue weighted by atomic mass is 9.98. The molecule has 0 unspecified atom stereocenters. The summed E-state index contributed by atoms with van der Waals surface area (Å²) in [5.41, 5.74) is 0.916. The molecule has 19 heavy (non-hydrogen) atoms. The third-order valence-electron chi connectivity index (χ3n) is 2.36. The van der Waals surface area contributed by atoms with Gasteiger partial charge >= 0.3 is 0 Å². The van der Waals surface area contributed by atoms with Crippen molar-refractivity contribution in [3.8, 4) is 0 Å². The molecule has 0 aliphatic heterocycles. The summed E-state index contributed by atoms with van der Waals surface area (Å²) in [6, 6.07) is 0. The van der Waals surface area contributed by atoms with E-state index in [1.165, 1.54) is 11.0 Å². The summed E-state index contributed by atoms with van der Waals surface area (Å²) >= 11 is 1.61. The molecule has 2 aromatic heterocycles. The molecular formula is C11H16N6OS. The predicted octanol–water partition coefficient (Wildman–Crippen LogP) is 0.743. The summed E-state index contributed by atoms with van der Waals surface area (Å²) in [6.07, 6.45) is 1.40. The fourth-order valence-corrected chi connectivity index (χ4v) is 2.28. The van der Waals surface area contributed by atoms with Crippen molar-refractivity contribution in [1.29, 1.82) is 0 Å². The van der Waals surface area contributed by atoms with Crippen LogP contribution in [0, 0.1) is 0 Å². The highest BCUT2D eigenvalue weighted by Crippen LogP contribution is 2.25. The molecule has 8 heteroatoms. The fraction of sp³-hybridized carbons (Fsp3) is 0.545. The van der Waals surface area contributed by atoms with Crippen LogP contribution in [0.3, 0.4) is 0 Å².